The summed E-state index contributed by atoms with van der Waals surface area (Å²) in [4.78, 5) is 0. The van der Waals surface area contributed by atoms with E-state index in [1.807, 2.05) is 0 Å². The molecule has 0 aromatic heterocycles. The lowest BCUT2D eigenvalue weighted by Gasteiger charge is -2.24. The van der Waals surface area contributed by atoms with Crippen LogP contribution in [0.2, 0.25) is 0 Å². The van der Waals surface area contributed by atoms with Crippen molar-refractivity contribution >= 4 is 0 Å². The maximum absolute atomic E-state index is 5.62. The highest BCUT2D eigenvalue weighted by atomic mass is 16.5. The molecule has 0 bridgehead atoms. The molecule has 1 aliphatic rings. The molecule has 1 fully saturated rings. The Kier molecular flexibility index (Phi) is 3.64. The maximum Gasteiger partial charge on any atom is 0.0782 e. The van der Waals surface area contributed by atoms with Gasteiger partial charge in [-0.05, 0) is 31.3 Å². The Morgan fingerprint density at radius 3 is 3.00 bits per heavy atom. The van der Waals surface area contributed by atoms with Gasteiger partial charge in [0.1, 0.15) is 0 Å². The van der Waals surface area contributed by atoms with Gasteiger partial charge in [0.15, 0.2) is 0 Å². The third-order valence-corrected chi connectivity index (χ3v) is 2.18. The van der Waals surface area contributed by atoms with E-state index in [-0.39, 0.29) is 0 Å². The van der Waals surface area contributed by atoms with Crippen molar-refractivity contribution in [3.8, 4) is 0 Å². The summed E-state index contributed by atoms with van der Waals surface area (Å²) in [6, 6.07) is 0. The molecule has 0 aromatic carbocycles. The lowest BCUT2D eigenvalue weighted by atomic mass is 9.99. The molecule has 64 valence electrons. The van der Waals surface area contributed by atoms with Crippen LogP contribution >= 0.6 is 0 Å². The number of hydrogen-bond donors (Lipinski definition) is 0. The van der Waals surface area contributed by atoms with Crippen LogP contribution in [0.3, 0.4) is 0 Å². The summed E-state index contributed by atoms with van der Waals surface area (Å²) < 4.78 is 5.62. The third kappa shape index (κ3) is 2.33. The third-order valence-electron chi connectivity index (χ3n) is 2.18. The Hall–Kier alpha value is -0.300. The highest BCUT2D eigenvalue weighted by molar-refractivity contribution is 5.09. The zero-order valence-electron chi connectivity index (χ0n) is 7.60. The van der Waals surface area contributed by atoms with Crippen LogP contribution in [0.15, 0.2) is 11.6 Å². The van der Waals surface area contributed by atoms with Crippen LogP contribution in [0.25, 0.3) is 0 Å². The number of rotatable bonds is 2. The molecule has 0 N–H and O–H groups in total. The van der Waals surface area contributed by atoms with Crippen molar-refractivity contribution in [2.45, 2.75) is 45.6 Å². The van der Waals surface area contributed by atoms with Crippen LogP contribution in [0, 0.1) is 0 Å². The van der Waals surface area contributed by atoms with Crippen LogP contribution < -0.4 is 0 Å². The van der Waals surface area contributed by atoms with E-state index >= 15 is 0 Å². The second kappa shape index (κ2) is 4.55. The van der Waals surface area contributed by atoms with E-state index in [0.29, 0.717) is 6.10 Å². The van der Waals surface area contributed by atoms with Gasteiger partial charge >= 0.3 is 0 Å². The largest absolute Gasteiger partial charge is 0.374 e. The second-order valence-corrected chi connectivity index (χ2v) is 3.06. The van der Waals surface area contributed by atoms with E-state index in [1.165, 1.54) is 18.4 Å². The Bertz CT molecular complexity index is 138. The molecule has 1 aliphatic heterocycles. The molecule has 0 unspecified atom stereocenters. The predicted octanol–water partition coefficient (Wildman–Crippen LogP) is 2.91. The Morgan fingerprint density at radius 2 is 2.36 bits per heavy atom. The highest BCUT2D eigenvalue weighted by Crippen LogP contribution is 2.22. The fourth-order valence-corrected chi connectivity index (χ4v) is 1.65. The first-order valence-corrected chi connectivity index (χ1v) is 4.69. The second-order valence-electron chi connectivity index (χ2n) is 3.06. The molecule has 1 saturated heterocycles. The number of hydrogen-bond acceptors (Lipinski definition) is 1. The number of ether oxygens (including phenoxy) is 1. The molecule has 0 amide bonds. The maximum atomic E-state index is 5.62. The Balaban J connectivity index is 2.51. The summed E-state index contributed by atoms with van der Waals surface area (Å²) in [5.41, 5.74) is 1.53. The van der Waals surface area contributed by atoms with Gasteiger partial charge in [0, 0.05) is 6.61 Å². The van der Waals surface area contributed by atoms with Gasteiger partial charge in [0.2, 0.25) is 0 Å². The molecule has 1 nitrogen and oxygen atoms in total. The number of allylic oxidation sites excluding steroid dienone is 1. The van der Waals surface area contributed by atoms with Gasteiger partial charge in [-0.25, -0.2) is 0 Å². The first kappa shape index (κ1) is 8.79. The molecule has 1 rings (SSSR count). The summed E-state index contributed by atoms with van der Waals surface area (Å²) in [5, 5.41) is 0. The van der Waals surface area contributed by atoms with Crippen molar-refractivity contribution in [1.82, 2.24) is 0 Å². The van der Waals surface area contributed by atoms with Crippen molar-refractivity contribution in [3.63, 3.8) is 0 Å². The van der Waals surface area contributed by atoms with Gasteiger partial charge < -0.3 is 4.74 Å². The highest BCUT2D eigenvalue weighted by Gasteiger charge is 2.16. The topological polar surface area (TPSA) is 9.23 Å². The minimum atomic E-state index is 0.434. The van der Waals surface area contributed by atoms with Crippen LogP contribution in [0.5, 0.6) is 0 Å². The van der Waals surface area contributed by atoms with Gasteiger partial charge in [-0.2, -0.15) is 0 Å². The van der Waals surface area contributed by atoms with Gasteiger partial charge in [0.25, 0.3) is 0 Å². The van der Waals surface area contributed by atoms with E-state index < -0.39 is 0 Å². The summed E-state index contributed by atoms with van der Waals surface area (Å²) in [6.45, 7) is 5.34. The molecule has 11 heavy (non-hydrogen) atoms. The Labute approximate surface area is 69.4 Å². The minimum absolute atomic E-state index is 0.434. The van der Waals surface area contributed by atoms with Crippen molar-refractivity contribution in [2.75, 3.05) is 6.61 Å². The van der Waals surface area contributed by atoms with Crippen LogP contribution in [-0.4, -0.2) is 12.7 Å². The normalized spacial score (nSPS) is 29.3. The van der Waals surface area contributed by atoms with Crippen molar-refractivity contribution in [3.05, 3.63) is 11.6 Å². The van der Waals surface area contributed by atoms with Gasteiger partial charge in [-0.1, -0.05) is 19.9 Å². The van der Waals surface area contributed by atoms with Crippen LogP contribution in [-0.2, 0) is 4.74 Å². The summed E-state index contributed by atoms with van der Waals surface area (Å²) in [5.74, 6) is 0. The van der Waals surface area contributed by atoms with E-state index in [0.717, 1.165) is 19.4 Å². The zero-order valence-corrected chi connectivity index (χ0v) is 7.60. The van der Waals surface area contributed by atoms with Gasteiger partial charge in [-0.3, -0.25) is 0 Å². The molecule has 0 radical (unpaired) electrons. The first-order chi connectivity index (χ1) is 5.38. The Morgan fingerprint density at radius 1 is 1.55 bits per heavy atom. The molecular weight excluding hydrogens is 136 g/mol. The predicted molar refractivity (Wildman–Crippen MR) is 47.6 cm³/mol. The summed E-state index contributed by atoms with van der Waals surface area (Å²) in [6.07, 6.45) is 7.51. The van der Waals surface area contributed by atoms with Crippen LogP contribution in [0.1, 0.15) is 39.5 Å². The van der Waals surface area contributed by atoms with Crippen molar-refractivity contribution in [2.24, 2.45) is 0 Å². The van der Waals surface area contributed by atoms with Crippen molar-refractivity contribution < 1.29 is 4.74 Å². The van der Waals surface area contributed by atoms with E-state index in [2.05, 4.69) is 19.9 Å². The standard InChI is InChI=1S/C10H18O/c1-3-6-9-7-5-8-11-10(9)4-2/h6,10H,3-5,7-8H2,1-2H3/t10-/m1/s1. The molecular formula is C10H18O. The average molecular weight is 154 g/mol. The van der Waals surface area contributed by atoms with E-state index in [1.54, 1.807) is 0 Å². The fourth-order valence-electron chi connectivity index (χ4n) is 1.65. The molecule has 1 heterocycles. The first-order valence-electron chi connectivity index (χ1n) is 4.69. The lowest BCUT2D eigenvalue weighted by molar-refractivity contribution is 0.0504. The molecule has 0 saturated carbocycles. The minimum Gasteiger partial charge on any atom is -0.374 e. The van der Waals surface area contributed by atoms with E-state index in [4.69, 9.17) is 4.74 Å². The van der Waals surface area contributed by atoms with Crippen molar-refractivity contribution in [1.29, 1.82) is 0 Å². The molecule has 1 heteroatoms. The average Bonchev–Trinajstić information content (AvgIpc) is 2.06. The smallest absolute Gasteiger partial charge is 0.0782 e. The molecule has 0 aromatic rings. The molecule has 0 spiro atoms. The monoisotopic (exact) mass is 154 g/mol. The van der Waals surface area contributed by atoms with Gasteiger partial charge in [-0.15, -0.1) is 0 Å². The quantitative estimate of drug-likeness (QED) is 0.556. The summed E-state index contributed by atoms with van der Waals surface area (Å²) >= 11 is 0. The van der Waals surface area contributed by atoms with E-state index in [9.17, 15) is 0 Å². The zero-order chi connectivity index (χ0) is 8.10. The summed E-state index contributed by atoms with van der Waals surface area (Å²) in [7, 11) is 0. The van der Waals surface area contributed by atoms with Crippen LogP contribution in [0.4, 0.5) is 0 Å². The lowest BCUT2D eigenvalue weighted by Crippen LogP contribution is -2.20. The SMILES string of the molecule is CCC=C1CCCO[C@@H]1CC. The van der Waals surface area contributed by atoms with Gasteiger partial charge in [0.05, 0.1) is 6.10 Å². The molecule has 1 atom stereocenters. The fraction of sp³-hybridized carbons (Fsp3) is 0.800. The molecule has 0 aliphatic carbocycles.